The van der Waals surface area contributed by atoms with Gasteiger partial charge in [-0.1, -0.05) is 32.1 Å². The second kappa shape index (κ2) is 8.80. The van der Waals surface area contributed by atoms with E-state index in [1.807, 2.05) is 0 Å². The summed E-state index contributed by atoms with van der Waals surface area (Å²) in [5.74, 6) is 2.84. The quantitative estimate of drug-likeness (QED) is 0.760. The van der Waals surface area contributed by atoms with Crippen LogP contribution in [0.2, 0.25) is 0 Å². The number of hydrogen-bond donors (Lipinski definition) is 0. The molecular weight excluding hydrogens is 296 g/mol. The van der Waals surface area contributed by atoms with Crippen molar-refractivity contribution >= 4 is 5.78 Å². The number of rotatable bonds is 5. The Kier molecular flexibility index (Phi) is 6.74. The number of likely N-dealkylation sites (tertiary alicyclic amines) is 1. The van der Waals surface area contributed by atoms with Crippen LogP contribution in [0.25, 0.3) is 0 Å². The minimum Gasteiger partial charge on any atom is -0.306 e. The van der Waals surface area contributed by atoms with E-state index in [1.54, 1.807) is 0 Å². The number of carbonyl (C=O) groups excluding carboxylic acids is 1. The zero-order chi connectivity index (χ0) is 16.9. The summed E-state index contributed by atoms with van der Waals surface area (Å²) in [6, 6.07) is 0.710. The van der Waals surface area contributed by atoms with Gasteiger partial charge in [-0.3, -0.25) is 9.69 Å². The van der Waals surface area contributed by atoms with Crippen molar-refractivity contribution in [2.24, 2.45) is 17.8 Å². The highest BCUT2D eigenvalue weighted by Gasteiger charge is 2.32. The molecule has 3 aliphatic rings. The van der Waals surface area contributed by atoms with Gasteiger partial charge in [-0.2, -0.15) is 0 Å². The molecule has 2 aliphatic carbocycles. The summed E-state index contributed by atoms with van der Waals surface area (Å²) in [6.07, 6.45) is 14.7. The minimum atomic E-state index is 0.372. The van der Waals surface area contributed by atoms with Crippen molar-refractivity contribution in [3.8, 4) is 0 Å². The van der Waals surface area contributed by atoms with Crippen molar-refractivity contribution in [3.05, 3.63) is 0 Å². The standard InChI is InChI=1S/C21H38N2O/c1-22(2)20-12-14-23(15-13-20)16-21(24)19-10-8-18(9-11-19)17-6-4-3-5-7-17/h17-20H,3-16H2,1-2H3. The van der Waals surface area contributed by atoms with E-state index in [2.05, 4.69) is 23.9 Å². The summed E-state index contributed by atoms with van der Waals surface area (Å²) in [6.45, 7) is 2.93. The molecule has 3 heteroatoms. The van der Waals surface area contributed by atoms with E-state index < -0.39 is 0 Å². The normalized spacial score (nSPS) is 31.5. The van der Waals surface area contributed by atoms with Crippen LogP contribution in [-0.4, -0.2) is 55.4 Å². The highest BCUT2D eigenvalue weighted by Crippen LogP contribution is 2.40. The van der Waals surface area contributed by atoms with Crippen LogP contribution in [0.3, 0.4) is 0 Å². The Morgan fingerprint density at radius 3 is 2.00 bits per heavy atom. The average Bonchev–Trinajstić information content (AvgIpc) is 2.63. The van der Waals surface area contributed by atoms with Crippen molar-refractivity contribution in [1.82, 2.24) is 9.80 Å². The van der Waals surface area contributed by atoms with Gasteiger partial charge in [-0.25, -0.2) is 0 Å². The maximum absolute atomic E-state index is 12.7. The van der Waals surface area contributed by atoms with E-state index in [9.17, 15) is 4.79 Å². The van der Waals surface area contributed by atoms with Crippen LogP contribution < -0.4 is 0 Å². The molecule has 1 aliphatic heterocycles. The number of hydrogen-bond acceptors (Lipinski definition) is 3. The highest BCUT2D eigenvalue weighted by atomic mass is 16.1. The van der Waals surface area contributed by atoms with Crippen LogP contribution in [0, 0.1) is 17.8 Å². The van der Waals surface area contributed by atoms with E-state index in [1.165, 1.54) is 70.6 Å². The zero-order valence-electron chi connectivity index (χ0n) is 16.0. The molecule has 0 aromatic carbocycles. The molecule has 3 nitrogen and oxygen atoms in total. The van der Waals surface area contributed by atoms with Crippen molar-refractivity contribution in [2.75, 3.05) is 33.7 Å². The van der Waals surface area contributed by atoms with E-state index in [0.717, 1.165) is 31.5 Å². The van der Waals surface area contributed by atoms with E-state index in [0.29, 0.717) is 17.7 Å². The van der Waals surface area contributed by atoms with Gasteiger partial charge >= 0.3 is 0 Å². The van der Waals surface area contributed by atoms with Gasteiger partial charge in [0, 0.05) is 25.0 Å². The number of nitrogens with zero attached hydrogens (tertiary/aromatic N) is 2. The van der Waals surface area contributed by atoms with Gasteiger partial charge in [0.15, 0.2) is 0 Å². The van der Waals surface area contributed by atoms with Gasteiger partial charge in [-0.15, -0.1) is 0 Å². The van der Waals surface area contributed by atoms with Gasteiger partial charge < -0.3 is 4.90 Å². The van der Waals surface area contributed by atoms with Crippen LogP contribution in [0.5, 0.6) is 0 Å². The minimum absolute atomic E-state index is 0.372. The first-order valence-electron chi connectivity index (χ1n) is 10.5. The first-order valence-corrected chi connectivity index (χ1v) is 10.5. The number of carbonyl (C=O) groups is 1. The van der Waals surface area contributed by atoms with Crippen molar-refractivity contribution < 1.29 is 4.79 Å². The van der Waals surface area contributed by atoms with Crippen LogP contribution in [0.15, 0.2) is 0 Å². The predicted octanol–water partition coefficient (Wildman–Crippen LogP) is 3.97. The third kappa shape index (κ3) is 4.82. The summed E-state index contributed by atoms with van der Waals surface area (Å²) in [5.41, 5.74) is 0. The molecule has 0 unspecified atom stereocenters. The van der Waals surface area contributed by atoms with Gasteiger partial charge in [0.25, 0.3) is 0 Å². The van der Waals surface area contributed by atoms with Crippen LogP contribution >= 0.6 is 0 Å². The van der Waals surface area contributed by atoms with Crippen molar-refractivity contribution in [1.29, 1.82) is 0 Å². The molecule has 1 saturated heterocycles. The SMILES string of the molecule is CN(C)C1CCN(CC(=O)C2CCC(C3CCCCC3)CC2)CC1. The average molecular weight is 335 g/mol. The lowest BCUT2D eigenvalue weighted by Gasteiger charge is -2.37. The smallest absolute Gasteiger partial charge is 0.149 e. The lowest BCUT2D eigenvalue weighted by Crippen LogP contribution is -2.44. The largest absolute Gasteiger partial charge is 0.306 e. The van der Waals surface area contributed by atoms with Crippen molar-refractivity contribution in [3.63, 3.8) is 0 Å². The van der Waals surface area contributed by atoms with E-state index in [-0.39, 0.29) is 0 Å². The summed E-state index contributed by atoms with van der Waals surface area (Å²) in [7, 11) is 4.35. The molecular formula is C21H38N2O. The monoisotopic (exact) mass is 334 g/mol. The maximum Gasteiger partial charge on any atom is 0.149 e. The third-order valence-corrected chi connectivity index (χ3v) is 7.21. The molecule has 0 atom stereocenters. The second-order valence-electron chi connectivity index (χ2n) is 8.95. The lowest BCUT2D eigenvalue weighted by atomic mass is 9.70. The van der Waals surface area contributed by atoms with E-state index in [4.69, 9.17) is 0 Å². The fraction of sp³-hybridized carbons (Fsp3) is 0.952. The molecule has 0 amide bonds. The van der Waals surface area contributed by atoms with Gasteiger partial charge in [0.05, 0.1) is 6.54 Å². The topological polar surface area (TPSA) is 23.6 Å². The molecule has 0 aromatic heterocycles. The molecule has 24 heavy (non-hydrogen) atoms. The molecule has 0 radical (unpaired) electrons. The van der Waals surface area contributed by atoms with Crippen molar-refractivity contribution in [2.45, 2.75) is 76.7 Å². The Balaban J connectivity index is 1.38. The molecule has 0 spiro atoms. The van der Waals surface area contributed by atoms with Crippen LogP contribution in [-0.2, 0) is 4.79 Å². The lowest BCUT2D eigenvalue weighted by molar-refractivity contribution is -0.125. The Bertz CT molecular complexity index is 387. The maximum atomic E-state index is 12.7. The van der Waals surface area contributed by atoms with Gasteiger partial charge in [-0.05, 0) is 64.5 Å². The first kappa shape index (κ1) is 18.4. The van der Waals surface area contributed by atoms with Gasteiger partial charge in [0.1, 0.15) is 5.78 Å². The number of piperidine rings is 1. The zero-order valence-corrected chi connectivity index (χ0v) is 16.0. The first-order chi connectivity index (χ1) is 11.6. The molecule has 138 valence electrons. The summed E-state index contributed by atoms with van der Waals surface area (Å²) in [4.78, 5) is 17.5. The molecule has 3 rings (SSSR count). The molecule has 0 aromatic rings. The van der Waals surface area contributed by atoms with Gasteiger partial charge in [0.2, 0.25) is 0 Å². The third-order valence-electron chi connectivity index (χ3n) is 7.21. The Labute approximate surface area is 149 Å². The van der Waals surface area contributed by atoms with E-state index >= 15 is 0 Å². The fourth-order valence-electron chi connectivity index (χ4n) is 5.46. The summed E-state index contributed by atoms with van der Waals surface area (Å²) < 4.78 is 0. The molecule has 0 bridgehead atoms. The molecule has 0 N–H and O–H groups in total. The second-order valence-corrected chi connectivity index (χ2v) is 8.95. The molecule has 3 fully saturated rings. The van der Waals surface area contributed by atoms with Crippen LogP contribution in [0.1, 0.15) is 70.6 Å². The number of ketones is 1. The van der Waals surface area contributed by atoms with Crippen LogP contribution in [0.4, 0.5) is 0 Å². The number of Topliss-reactive ketones (excluding diaryl/α,β-unsaturated/α-hetero) is 1. The summed E-state index contributed by atoms with van der Waals surface area (Å²) >= 11 is 0. The molecule has 1 heterocycles. The predicted molar refractivity (Wildman–Crippen MR) is 100 cm³/mol. The molecule has 2 saturated carbocycles. The Morgan fingerprint density at radius 1 is 0.833 bits per heavy atom. The Hall–Kier alpha value is -0.410. The Morgan fingerprint density at radius 2 is 1.42 bits per heavy atom. The fourth-order valence-corrected chi connectivity index (χ4v) is 5.46. The highest BCUT2D eigenvalue weighted by molar-refractivity contribution is 5.83. The summed E-state index contributed by atoms with van der Waals surface area (Å²) in [5, 5.41) is 0.